The SMILES string of the molecule is COc1ccc(NC(=O)c2nnc(C(=O)c3ccccc3)s2)cc1. The van der Waals surface area contributed by atoms with Crippen LogP contribution in [0.5, 0.6) is 5.75 Å². The van der Waals surface area contributed by atoms with E-state index < -0.39 is 5.91 Å². The Morgan fingerprint density at radius 2 is 1.62 bits per heavy atom. The van der Waals surface area contributed by atoms with Crippen molar-refractivity contribution in [1.82, 2.24) is 10.2 Å². The minimum atomic E-state index is -0.412. The Morgan fingerprint density at radius 3 is 2.29 bits per heavy atom. The van der Waals surface area contributed by atoms with Crippen LogP contribution in [0.4, 0.5) is 5.69 Å². The van der Waals surface area contributed by atoms with Crippen LogP contribution in [0, 0.1) is 0 Å². The van der Waals surface area contributed by atoms with Gasteiger partial charge in [-0.15, -0.1) is 10.2 Å². The van der Waals surface area contributed by atoms with Crippen LogP contribution in [0.3, 0.4) is 0 Å². The highest BCUT2D eigenvalue weighted by atomic mass is 32.1. The van der Waals surface area contributed by atoms with Crippen molar-refractivity contribution < 1.29 is 14.3 Å². The lowest BCUT2D eigenvalue weighted by molar-refractivity contribution is 0.102. The number of carbonyl (C=O) groups excluding carboxylic acids is 2. The molecule has 0 atom stereocenters. The standard InChI is InChI=1S/C17H13N3O3S/c1-23-13-9-7-12(8-10-13)18-15(22)17-20-19-16(24-17)14(21)11-5-3-2-4-6-11/h2-10H,1H3,(H,18,22). The van der Waals surface area contributed by atoms with Crippen molar-refractivity contribution in [3.63, 3.8) is 0 Å². The highest BCUT2D eigenvalue weighted by Crippen LogP contribution is 2.18. The van der Waals surface area contributed by atoms with Crippen LogP contribution in [0.15, 0.2) is 54.6 Å². The smallest absolute Gasteiger partial charge is 0.286 e. The third-order valence-corrected chi connectivity index (χ3v) is 4.12. The maximum Gasteiger partial charge on any atom is 0.286 e. The number of ether oxygens (including phenoxy) is 1. The number of ketones is 1. The second kappa shape index (κ2) is 7.01. The van der Waals surface area contributed by atoms with Gasteiger partial charge in [0.1, 0.15) is 5.75 Å². The van der Waals surface area contributed by atoms with Gasteiger partial charge in [0.2, 0.25) is 10.8 Å². The monoisotopic (exact) mass is 339 g/mol. The van der Waals surface area contributed by atoms with Crippen molar-refractivity contribution in [3.05, 3.63) is 70.2 Å². The summed E-state index contributed by atoms with van der Waals surface area (Å²) in [4.78, 5) is 24.5. The molecule has 0 aliphatic carbocycles. The summed E-state index contributed by atoms with van der Waals surface area (Å²) in [5.74, 6) is 0.0287. The average Bonchev–Trinajstić information content (AvgIpc) is 3.13. The summed E-state index contributed by atoms with van der Waals surface area (Å²) in [6.45, 7) is 0. The number of nitrogens with one attached hydrogen (secondary N) is 1. The molecule has 120 valence electrons. The van der Waals surface area contributed by atoms with Gasteiger partial charge in [0, 0.05) is 11.3 Å². The molecular formula is C17H13N3O3S. The number of rotatable bonds is 5. The van der Waals surface area contributed by atoms with Crippen LogP contribution in [0.2, 0.25) is 0 Å². The first-order valence-electron chi connectivity index (χ1n) is 7.06. The lowest BCUT2D eigenvalue weighted by atomic mass is 10.1. The van der Waals surface area contributed by atoms with E-state index in [4.69, 9.17) is 4.74 Å². The minimum Gasteiger partial charge on any atom is -0.497 e. The van der Waals surface area contributed by atoms with Crippen molar-refractivity contribution in [2.24, 2.45) is 0 Å². The topological polar surface area (TPSA) is 81.2 Å². The molecule has 0 saturated heterocycles. The van der Waals surface area contributed by atoms with E-state index in [1.165, 1.54) is 0 Å². The second-order valence-corrected chi connectivity index (χ2v) is 5.77. The molecule has 6 nitrogen and oxygen atoms in total. The lowest BCUT2D eigenvalue weighted by Gasteiger charge is -2.03. The molecule has 0 aliphatic rings. The van der Waals surface area contributed by atoms with E-state index in [-0.39, 0.29) is 15.8 Å². The van der Waals surface area contributed by atoms with Gasteiger partial charge in [-0.25, -0.2) is 0 Å². The normalized spacial score (nSPS) is 10.2. The lowest BCUT2D eigenvalue weighted by Crippen LogP contribution is -2.11. The Labute approximate surface area is 142 Å². The van der Waals surface area contributed by atoms with Crippen molar-refractivity contribution in [2.45, 2.75) is 0 Å². The molecule has 0 fully saturated rings. The third-order valence-electron chi connectivity index (χ3n) is 3.20. The largest absolute Gasteiger partial charge is 0.497 e. The number of benzene rings is 2. The van der Waals surface area contributed by atoms with Gasteiger partial charge >= 0.3 is 0 Å². The summed E-state index contributed by atoms with van der Waals surface area (Å²) in [7, 11) is 1.57. The van der Waals surface area contributed by atoms with Gasteiger partial charge in [-0.2, -0.15) is 0 Å². The summed E-state index contributed by atoms with van der Waals surface area (Å²) in [6.07, 6.45) is 0. The van der Waals surface area contributed by atoms with Gasteiger partial charge in [-0.1, -0.05) is 41.7 Å². The second-order valence-electron chi connectivity index (χ2n) is 4.79. The molecule has 0 unspecified atom stereocenters. The van der Waals surface area contributed by atoms with Crippen LogP contribution < -0.4 is 10.1 Å². The molecule has 0 aliphatic heterocycles. The Hall–Kier alpha value is -3.06. The molecular weight excluding hydrogens is 326 g/mol. The Bertz CT molecular complexity index is 860. The molecule has 0 spiro atoms. The molecule has 0 saturated carbocycles. The first kappa shape index (κ1) is 15.8. The summed E-state index contributed by atoms with van der Waals surface area (Å²) in [5.41, 5.74) is 1.11. The number of aromatic nitrogens is 2. The van der Waals surface area contributed by atoms with Crippen molar-refractivity contribution in [1.29, 1.82) is 0 Å². The quantitative estimate of drug-likeness (QED) is 0.723. The predicted molar refractivity (Wildman–Crippen MR) is 90.7 cm³/mol. The maximum absolute atomic E-state index is 12.3. The molecule has 24 heavy (non-hydrogen) atoms. The highest BCUT2D eigenvalue weighted by molar-refractivity contribution is 7.15. The zero-order valence-corrected chi connectivity index (χ0v) is 13.5. The van der Waals surface area contributed by atoms with Crippen molar-refractivity contribution in [3.8, 4) is 5.75 Å². The molecule has 1 amide bonds. The number of nitrogens with zero attached hydrogens (tertiary/aromatic N) is 2. The molecule has 7 heteroatoms. The van der Waals surface area contributed by atoms with Crippen LogP contribution in [-0.2, 0) is 0 Å². The van der Waals surface area contributed by atoms with Crippen LogP contribution in [0.25, 0.3) is 0 Å². The summed E-state index contributed by atoms with van der Waals surface area (Å²) in [6, 6.07) is 15.7. The number of hydrogen-bond donors (Lipinski definition) is 1. The number of anilines is 1. The number of methoxy groups -OCH3 is 1. The van der Waals surface area contributed by atoms with E-state index in [1.807, 2.05) is 6.07 Å². The zero-order valence-electron chi connectivity index (χ0n) is 12.7. The molecule has 1 N–H and O–H groups in total. The first-order chi connectivity index (χ1) is 11.7. The molecule has 0 bridgehead atoms. The summed E-state index contributed by atoms with van der Waals surface area (Å²) in [5, 5.41) is 10.6. The first-order valence-corrected chi connectivity index (χ1v) is 7.87. The number of carbonyl (C=O) groups is 2. The minimum absolute atomic E-state index is 0.130. The molecule has 1 heterocycles. The van der Waals surface area contributed by atoms with Crippen molar-refractivity contribution in [2.75, 3.05) is 12.4 Å². The fraction of sp³-hybridized carbons (Fsp3) is 0.0588. The van der Waals surface area contributed by atoms with E-state index in [0.717, 1.165) is 11.3 Å². The number of amides is 1. The van der Waals surface area contributed by atoms with Crippen LogP contribution >= 0.6 is 11.3 Å². The Kier molecular flexibility index (Phi) is 4.62. The molecule has 3 aromatic rings. The van der Waals surface area contributed by atoms with E-state index in [0.29, 0.717) is 17.0 Å². The van der Waals surface area contributed by atoms with Crippen LogP contribution in [0.1, 0.15) is 25.2 Å². The molecule has 2 aromatic carbocycles. The van der Waals surface area contributed by atoms with Gasteiger partial charge in [0.15, 0.2) is 5.01 Å². The van der Waals surface area contributed by atoms with Crippen LogP contribution in [-0.4, -0.2) is 29.0 Å². The predicted octanol–water partition coefficient (Wildman–Crippen LogP) is 3.03. The summed E-state index contributed by atoms with van der Waals surface area (Å²) < 4.78 is 5.06. The maximum atomic E-state index is 12.3. The van der Waals surface area contributed by atoms with Gasteiger partial charge in [0.25, 0.3) is 5.91 Å². The summed E-state index contributed by atoms with van der Waals surface area (Å²) >= 11 is 0.962. The molecule has 3 rings (SSSR count). The molecule has 0 radical (unpaired) electrons. The third kappa shape index (κ3) is 3.47. The van der Waals surface area contributed by atoms with E-state index in [2.05, 4.69) is 15.5 Å². The fourth-order valence-electron chi connectivity index (χ4n) is 1.98. The number of hydrogen-bond acceptors (Lipinski definition) is 6. The van der Waals surface area contributed by atoms with E-state index >= 15 is 0 Å². The van der Waals surface area contributed by atoms with Gasteiger partial charge in [-0.05, 0) is 24.3 Å². The highest BCUT2D eigenvalue weighted by Gasteiger charge is 2.18. The van der Waals surface area contributed by atoms with Gasteiger partial charge < -0.3 is 10.1 Å². The van der Waals surface area contributed by atoms with Gasteiger partial charge in [0.05, 0.1) is 7.11 Å². The fourth-order valence-corrected chi connectivity index (χ4v) is 2.68. The Balaban J connectivity index is 1.72. The van der Waals surface area contributed by atoms with Gasteiger partial charge in [-0.3, -0.25) is 9.59 Å². The van der Waals surface area contributed by atoms with E-state index in [9.17, 15) is 9.59 Å². The van der Waals surface area contributed by atoms with Crippen molar-refractivity contribution >= 4 is 28.7 Å². The average molecular weight is 339 g/mol. The zero-order chi connectivity index (χ0) is 16.9. The van der Waals surface area contributed by atoms with E-state index in [1.54, 1.807) is 55.6 Å². The molecule has 1 aromatic heterocycles. The Morgan fingerprint density at radius 1 is 0.958 bits per heavy atom.